The van der Waals surface area contributed by atoms with Crippen LogP contribution in [-0.4, -0.2) is 36.4 Å². The van der Waals surface area contributed by atoms with E-state index in [1.54, 1.807) is 47.9 Å². The number of imidazole rings is 1. The third-order valence-electron chi connectivity index (χ3n) is 6.99. The number of carbonyl (C=O) groups is 2. The molecule has 0 spiro atoms. The number of aryl methyl sites for hydroxylation is 2. The molecular weight excluding hydrogens is 561 g/mol. The third-order valence-corrected chi connectivity index (χ3v) is 9.09. The van der Waals surface area contributed by atoms with E-state index in [0.29, 0.717) is 38.3 Å². The maximum Gasteiger partial charge on any atom is 0.301 e. The number of hydrogen-bond donors (Lipinski definition) is 1. The van der Waals surface area contributed by atoms with Crippen LogP contribution in [0, 0.1) is 12.7 Å². The van der Waals surface area contributed by atoms with Crippen molar-refractivity contribution in [2.45, 2.75) is 36.4 Å². The van der Waals surface area contributed by atoms with E-state index in [1.165, 1.54) is 22.7 Å². The van der Waals surface area contributed by atoms with Gasteiger partial charge in [-0.2, -0.15) is 0 Å². The fourth-order valence-corrected chi connectivity index (χ4v) is 6.77. The maximum atomic E-state index is 14.1. The first-order valence-corrected chi connectivity index (χ1v) is 14.7. The van der Waals surface area contributed by atoms with Crippen molar-refractivity contribution in [3.63, 3.8) is 0 Å². The first-order valence-electron chi connectivity index (χ1n) is 12.9. The number of nitrogens with zero attached hydrogens (tertiary/aromatic N) is 5. The molecule has 3 aromatic heterocycles. The van der Waals surface area contributed by atoms with Crippen LogP contribution >= 0.6 is 23.1 Å². The number of rotatable bonds is 7. The lowest BCUT2D eigenvalue weighted by atomic mass is 9.95. The minimum absolute atomic E-state index is 0.0521. The number of pyridine rings is 1. The summed E-state index contributed by atoms with van der Waals surface area (Å²) in [4.78, 5) is 33.0. The zero-order valence-corrected chi connectivity index (χ0v) is 23.7. The molecule has 1 saturated heterocycles. The number of carbonyl (C=O) groups excluding carboxylic acids is 2. The molecule has 1 atom stereocenters. The Bertz CT molecular complexity index is 1830. The molecule has 0 saturated carbocycles. The Morgan fingerprint density at radius 1 is 1.05 bits per heavy atom. The minimum atomic E-state index is -0.938. The lowest BCUT2D eigenvalue weighted by molar-refractivity contribution is -0.132. The molecule has 1 aliphatic heterocycles. The Kier molecular flexibility index (Phi) is 7.14. The van der Waals surface area contributed by atoms with Crippen LogP contribution in [-0.2, 0) is 21.8 Å². The topological polar surface area (TPSA) is 101 Å². The molecule has 1 aliphatic rings. The van der Waals surface area contributed by atoms with Gasteiger partial charge in [0.05, 0.1) is 17.3 Å². The quantitative estimate of drug-likeness (QED) is 0.0808. The van der Waals surface area contributed by atoms with E-state index < -0.39 is 17.7 Å². The van der Waals surface area contributed by atoms with E-state index in [0.717, 1.165) is 23.3 Å². The van der Waals surface area contributed by atoms with E-state index in [-0.39, 0.29) is 22.3 Å². The second-order valence-electron chi connectivity index (χ2n) is 9.47. The van der Waals surface area contributed by atoms with E-state index >= 15 is 0 Å². The second kappa shape index (κ2) is 10.9. The van der Waals surface area contributed by atoms with Gasteiger partial charge in [0.25, 0.3) is 5.78 Å². The van der Waals surface area contributed by atoms with Crippen LogP contribution < -0.4 is 4.90 Å². The van der Waals surface area contributed by atoms with Crippen LogP contribution in [0.2, 0.25) is 0 Å². The molecule has 8 nitrogen and oxygen atoms in total. The number of thioether (sulfide) groups is 1. The summed E-state index contributed by atoms with van der Waals surface area (Å²) in [5.74, 6) is -1.94. The van der Waals surface area contributed by atoms with Gasteiger partial charge in [-0.3, -0.25) is 18.9 Å². The molecule has 6 rings (SSSR count). The van der Waals surface area contributed by atoms with Crippen molar-refractivity contribution in [3.05, 3.63) is 112 Å². The molecule has 5 aromatic rings. The zero-order valence-electron chi connectivity index (χ0n) is 22.1. The fraction of sp³-hybridized carbons (Fsp3) is 0.167. The second-order valence-corrected chi connectivity index (χ2v) is 11.6. The highest BCUT2D eigenvalue weighted by Gasteiger charge is 2.48. The molecule has 41 heavy (non-hydrogen) atoms. The summed E-state index contributed by atoms with van der Waals surface area (Å²) in [6.45, 7) is 3.78. The van der Waals surface area contributed by atoms with Crippen molar-refractivity contribution >= 4 is 51.3 Å². The van der Waals surface area contributed by atoms with Crippen molar-refractivity contribution in [1.82, 2.24) is 19.6 Å². The Morgan fingerprint density at radius 3 is 2.56 bits per heavy atom. The predicted molar refractivity (Wildman–Crippen MR) is 156 cm³/mol. The number of aliphatic hydroxyl groups excluding tert-OH is 1. The molecule has 0 radical (unpaired) electrons. The van der Waals surface area contributed by atoms with Crippen LogP contribution in [0.25, 0.3) is 11.4 Å². The first kappa shape index (κ1) is 26.9. The number of benzene rings is 2. The van der Waals surface area contributed by atoms with Gasteiger partial charge in [-0.1, -0.05) is 78.6 Å². The summed E-state index contributed by atoms with van der Waals surface area (Å²) >= 11 is 2.42. The number of anilines is 1. The van der Waals surface area contributed by atoms with E-state index in [1.807, 2.05) is 37.3 Å². The summed E-state index contributed by atoms with van der Waals surface area (Å²) in [5.41, 5.74) is 3.66. The molecule has 0 bridgehead atoms. The monoisotopic (exact) mass is 585 g/mol. The van der Waals surface area contributed by atoms with Gasteiger partial charge in [0.15, 0.2) is 10.1 Å². The predicted octanol–water partition coefficient (Wildman–Crippen LogP) is 6.11. The summed E-state index contributed by atoms with van der Waals surface area (Å²) in [5, 5.41) is 20.3. The molecule has 1 amide bonds. The summed E-state index contributed by atoms with van der Waals surface area (Å²) in [6, 6.07) is 18.6. The van der Waals surface area contributed by atoms with Gasteiger partial charge in [-0.05, 0) is 48.2 Å². The van der Waals surface area contributed by atoms with Crippen molar-refractivity contribution in [2.75, 3.05) is 4.90 Å². The summed E-state index contributed by atoms with van der Waals surface area (Å²) in [7, 11) is 0. The summed E-state index contributed by atoms with van der Waals surface area (Å²) in [6.07, 6.45) is 2.57. The molecule has 1 fully saturated rings. The fourth-order valence-electron chi connectivity index (χ4n) is 4.92. The number of aromatic nitrogens is 4. The molecule has 11 heteroatoms. The lowest BCUT2D eigenvalue weighted by Crippen LogP contribution is -2.29. The number of aliphatic hydroxyl groups is 1. The number of amides is 1. The minimum Gasteiger partial charge on any atom is -0.505 e. The lowest BCUT2D eigenvalue weighted by Gasteiger charge is -2.22. The van der Waals surface area contributed by atoms with Crippen LogP contribution in [0.15, 0.2) is 82.8 Å². The van der Waals surface area contributed by atoms with Crippen molar-refractivity contribution < 1.29 is 19.1 Å². The normalized spacial score (nSPS) is 16.7. The molecule has 1 N–H and O–H groups in total. The smallest absolute Gasteiger partial charge is 0.301 e. The highest BCUT2D eigenvalue weighted by atomic mass is 32.2. The molecule has 1 unspecified atom stereocenters. The average molecular weight is 586 g/mol. The highest BCUT2D eigenvalue weighted by Crippen LogP contribution is 2.44. The molecule has 206 valence electrons. The van der Waals surface area contributed by atoms with Crippen LogP contribution in [0.4, 0.5) is 9.52 Å². The van der Waals surface area contributed by atoms with Crippen LogP contribution in [0.3, 0.4) is 0 Å². The number of hydrogen-bond acceptors (Lipinski definition) is 8. The molecular formula is C30H24FN5O3S2. The molecule has 4 heterocycles. The molecule has 2 aromatic carbocycles. The Hall–Kier alpha value is -4.35. The highest BCUT2D eigenvalue weighted by molar-refractivity contribution is 8.00. The average Bonchev–Trinajstić information content (AvgIpc) is 3.66. The van der Waals surface area contributed by atoms with Gasteiger partial charge in [-0.15, -0.1) is 10.2 Å². The van der Waals surface area contributed by atoms with Gasteiger partial charge in [-0.25, -0.2) is 9.37 Å². The third kappa shape index (κ3) is 4.81. The van der Waals surface area contributed by atoms with Gasteiger partial charge >= 0.3 is 5.91 Å². The Morgan fingerprint density at radius 2 is 1.80 bits per heavy atom. The van der Waals surface area contributed by atoms with Crippen LogP contribution in [0.1, 0.15) is 41.0 Å². The Labute approximate surface area is 243 Å². The van der Waals surface area contributed by atoms with Crippen molar-refractivity contribution in [3.8, 4) is 0 Å². The number of fused-ring (bicyclic) bond motifs is 1. The van der Waals surface area contributed by atoms with E-state index in [4.69, 9.17) is 0 Å². The number of ketones is 1. The SMILES string of the molecule is CCc1ccc(C2C(=C(O)c3c(C)nc4ccccn34)C(=O)C(=O)N2c2nnc(SCc3ccccc3F)s2)cc1. The van der Waals surface area contributed by atoms with Crippen LogP contribution in [0.5, 0.6) is 0 Å². The summed E-state index contributed by atoms with van der Waals surface area (Å²) < 4.78 is 16.3. The largest absolute Gasteiger partial charge is 0.505 e. The van der Waals surface area contributed by atoms with Gasteiger partial charge in [0.2, 0.25) is 5.13 Å². The van der Waals surface area contributed by atoms with E-state index in [9.17, 15) is 19.1 Å². The van der Waals surface area contributed by atoms with E-state index in [2.05, 4.69) is 15.2 Å². The Balaban J connectivity index is 1.44. The van der Waals surface area contributed by atoms with Crippen molar-refractivity contribution in [1.29, 1.82) is 0 Å². The standard InChI is InChI=1S/C30H24FN5O3S2/c1-3-18-11-13-19(14-12-18)25-23(26(37)24-17(2)32-22-10-6-7-15-35(22)24)27(38)28(39)36(25)29-33-34-30(41-29)40-16-20-8-4-5-9-21(20)31/h4-15,25,37H,3,16H2,1-2H3. The molecule has 0 aliphatic carbocycles. The maximum absolute atomic E-state index is 14.1. The van der Waals surface area contributed by atoms with Gasteiger partial charge in [0.1, 0.15) is 17.2 Å². The zero-order chi connectivity index (χ0) is 28.7. The first-order chi connectivity index (χ1) is 19.9. The number of halogens is 1. The van der Waals surface area contributed by atoms with Gasteiger partial charge in [0, 0.05) is 11.9 Å². The van der Waals surface area contributed by atoms with Gasteiger partial charge < -0.3 is 5.11 Å². The number of Topliss-reactive ketones (excluding diaryl/α,β-unsaturated/α-hetero) is 1. The van der Waals surface area contributed by atoms with Crippen molar-refractivity contribution in [2.24, 2.45) is 0 Å².